The number of ether oxygens (including phenoxy) is 1. The molecule has 3 rings (SSSR count). The Labute approximate surface area is 157 Å². The molecule has 1 fully saturated rings. The molecule has 26 heavy (non-hydrogen) atoms. The lowest BCUT2D eigenvalue weighted by Gasteiger charge is -2.33. The molecule has 1 heterocycles. The highest BCUT2D eigenvalue weighted by Crippen LogP contribution is 2.24. The highest BCUT2D eigenvalue weighted by Gasteiger charge is 2.33. The zero-order chi connectivity index (χ0) is 18.5. The van der Waals surface area contributed by atoms with Gasteiger partial charge in [-0.2, -0.15) is 0 Å². The van der Waals surface area contributed by atoms with E-state index in [1.54, 1.807) is 18.2 Å². The molecule has 0 aliphatic carbocycles. The average Bonchev–Trinajstić information content (AvgIpc) is 2.63. The number of carbonyl (C=O) groups excluding carboxylic acids is 2. The van der Waals surface area contributed by atoms with Crippen LogP contribution in [0.3, 0.4) is 0 Å². The van der Waals surface area contributed by atoms with Gasteiger partial charge in [-0.05, 0) is 30.2 Å². The van der Waals surface area contributed by atoms with Crippen LogP contribution in [-0.4, -0.2) is 36.0 Å². The van der Waals surface area contributed by atoms with Crippen LogP contribution in [0.2, 0.25) is 5.02 Å². The van der Waals surface area contributed by atoms with Gasteiger partial charge in [-0.25, -0.2) is 0 Å². The second kappa shape index (κ2) is 8.34. The topological polar surface area (TPSA) is 58.6 Å². The first kappa shape index (κ1) is 18.4. The van der Waals surface area contributed by atoms with Crippen LogP contribution >= 0.6 is 11.6 Å². The largest absolute Gasteiger partial charge is 0.463 e. The van der Waals surface area contributed by atoms with Crippen molar-refractivity contribution < 1.29 is 14.3 Å². The fraction of sp³-hybridized carbons (Fsp3) is 0.300. The molecule has 2 aromatic rings. The van der Waals surface area contributed by atoms with E-state index in [1.165, 1.54) is 0 Å². The number of halogens is 1. The molecule has 0 spiro atoms. The normalized spacial score (nSPS) is 17.6. The Kier molecular flexibility index (Phi) is 5.91. The number of hydrogen-bond acceptors (Lipinski definition) is 4. The van der Waals surface area contributed by atoms with Crippen molar-refractivity contribution in [2.45, 2.75) is 25.9 Å². The van der Waals surface area contributed by atoms with Gasteiger partial charge in [-0.1, -0.05) is 48.0 Å². The third kappa shape index (κ3) is 4.42. The van der Waals surface area contributed by atoms with Crippen molar-refractivity contribution >= 4 is 29.2 Å². The molecule has 0 bridgehead atoms. The lowest BCUT2D eigenvalue weighted by Crippen LogP contribution is -2.49. The Morgan fingerprint density at radius 3 is 2.77 bits per heavy atom. The van der Waals surface area contributed by atoms with Gasteiger partial charge in [-0.3, -0.25) is 14.5 Å². The predicted molar refractivity (Wildman–Crippen MR) is 101 cm³/mol. The first-order valence-electron chi connectivity index (χ1n) is 8.54. The smallest absolute Gasteiger partial charge is 0.323 e. The average molecular weight is 373 g/mol. The van der Waals surface area contributed by atoms with Crippen molar-refractivity contribution in [2.75, 3.05) is 18.5 Å². The van der Waals surface area contributed by atoms with E-state index < -0.39 is 6.04 Å². The number of benzene rings is 2. The number of carbonyl (C=O) groups is 2. The highest BCUT2D eigenvalue weighted by molar-refractivity contribution is 6.31. The van der Waals surface area contributed by atoms with Gasteiger partial charge in [0.2, 0.25) is 5.91 Å². The number of amides is 1. The van der Waals surface area contributed by atoms with Crippen molar-refractivity contribution in [1.82, 2.24) is 4.90 Å². The lowest BCUT2D eigenvalue weighted by molar-refractivity contribution is -0.159. The minimum Gasteiger partial charge on any atom is -0.463 e. The summed E-state index contributed by atoms with van der Waals surface area (Å²) < 4.78 is 5.17. The third-order valence-electron chi connectivity index (χ3n) is 4.48. The third-order valence-corrected chi connectivity index (χ3v) is 4.89. The number of cyclic esters (lactones) is 1. The fourth-order valence-electron chi connectivity index (χ4n) is 3.00. The minimum absolute atomic E-state index is 0.0393. The van der Waals surface area contributed by atoms with E-state index in [4.69, 9.17) is 16.3 Å². The number of hydrogen-bond donors (Lipinski definition) is 1. The van der Waals surface area contributed by atoms with Crippen LogP contribution in [0.25, 0.3) is 0 Å². The Balaban J connectivity index is 1.69. The van der Waals surface area contributed by atoms with Crippen molar-refractivity contribution in [3.63, 3.8) is 0 Å². The molecular formula is C20H21ClN2O3. The van der Waals surface area contributed by atoms with Crippen molar-refractivity contribution in [3.05, 3.63) is 64.7 Å². The number of rotatable bonds is 5. The maximum atomic E-state index is 12.5. The summed E-state index contributed by atoms with van der Waals surface area (Å²) in [6, 6.07) is 14.6. The van der Waals surface area contributed by atoms with E-state index in [0.717, 1.165) is 11.1 Å². The molecule has 1 saturated heterocycles. The van der Waals surface area contributed by atoms with E-state index in [-0.39, 0.29) is 18.3 Å². The van der Waals surface area contributed by atoms with E-state index >= 15 is 0 Å². The molecule has 0 aromatic heterocycles. The number of nitrogens with one attached hydrogen (secondary N) is 1. The highest BCUT2D eigenvalue weighted by atomic mass is 35.5. The number of morpholine rings is 1. The molecule has 0 unspecified atom stereocenters. The van der Waals surface area contributed by atoms with E-state index in [2.05, 4.69) is 5.32 Å². The number of esters is 1. The molecule has 1 aliphatic rings. The van der Waals surface area contributed by atoms with Gasteiger partial charge >= 0.3 is 5.97 Å². The molecule has 2 aromatic carbocycles. The zero-order valence-corrected chi connectivity index (χ0v) is 15.3. The summed E-state index contributed by atoms with van der Waals surface area (Å²) in [6.45, 7) is 3.39. The first-order chi connectivity index (χ1) is 12.5. The van der Waals surface area contributed by atoms with E-state index in [0.29, 0.717) is 30.4 Å². The van der Waals surface area contributed by atoms with Gasteiger partial charge in [0.25, 0.3) is 0 Å². The quantitative estimate of drug-likeness (QED) is 0.817. The molecule has 1 N–H and O–H groups in total. The van der Waals surface area contributed by atoms with Crippen LogP contribution < -0.4 is 5.32 Å². The Morgan fingerprint density at radius 2 is 2.00 bits per heavy atom. The SMILES string of the molecule is Cc1c(Cl)cccc1NC(=O)C[C@@H]1C(=O)OCCN1Cc1ccccc1. The number of nitrogens with zero attached hydrogens (tertiary/aromatic N) is 1. The standard InChI is InChI=1S/C20H21ClN2O3/c1-14-16(21)8-5-9-17(14)22-19(24)12-18-20(25)26-11-10-23(18)13-15-6-3-2-4-7-15/h2-9,18H,10-13H2,1H3,(H,22,24)/t18-/m1/s1. The zero-order valence-electron chi connectivity index (χ0n) is 14.6. The van der Waals surface area contributed by atoms with Gasteiger partial charge in [0.1, 0.15) is 12.6 Å². The lowest BCUT2D eigenvalue weighted by atomic mass is 10.1. The van der Waals surface area contributed by atoms with Crippen LogP contribution in [0.1, 0.15) is 17.5 Å². The maximum Gasteiger partial charge on any atom is 0.323 e. The monoisotopic (exact) mass is 372 g/mol. The number of anilines is 1. The van der Waals surface area contributed by atoms with Gasteiger partial charge in [-0.15, -0.1) is 0 Å². The first-order valence-corrected chi connectivity index (χ1v) is 8.92. The van der Waals surface area contributed by atoms with Crippen LogP contribution in [0, 0.1) is 6.92 Å². The fourth-order valence-corrected chi connectivity index (χ4v) is 3.18. The molecule has 5 nitrogen and oxygen atoms in total. The Morgan fingerprint density at radius 1 is 1.23 bits per heavy atom. The molecule has 136 valence electrons. The summed E-state index contributed by atoms with van der Waals surface area (Å²) >= 11 is 6.09. The minimum atomic E-state index is -0.594. The van der Waals surface area contributed by atoms with Crippen molar-refractivity contribution in [1.29, 1.82) is 0 Å². The van der Waals surface area contributed by atoms with Crippen molar-refractivity contribution in [2.24, 2.45) is 0 Å². The van der Waals surface area contributed by atoms with Crippen LogP contribution in [0.15, 0.2) is 48.5 Å². The maximum absolute atomic E-state index is 12.5. The predicted octanol–water partition coefficient (Wildman–Crippen LogP) is 3.40. The van der Waals surface area contributed by atoms with Gasteiger partial charge < -0.3 is 10.1 Å². The summed E-state index contributed by atoms with van der Waals surface area (Å²) in [7, 11) is 0. The van der Waals surface area contributed by atoms with Crippen molar-refractivity contribution in [3.8, 4) is 0 Å². The summed E-state index contributed by atoms with van der Waals surface area (Å²) in [4.78, 5) is 26.7. The second-order valence-electron chi connectivity index (χ2n) is 6.30. The summed E-state index contributed by atoms with van der Waals surface area (Å²) in [6.07, 6.45) is 0.0393. The summed E-state index contributed by atoms with van der Waals surface area (Å²) in [5.41, 5.74) is 2.55. The van der Waals surface area contributed by atoms with Gasteiger partial charge in [0, 0.05) is 23.8 Å². The molecule has 1 atom stereocenters. The molecule has 0 radical (unpaired) electrons. The van der Waals surface area contributed by atoms with Gasteiger partial charge in [0.15, 0.2) is 0 Å². The molecule has 6 heteroatoms. The molecule has 1 aliphatic heterocycles. The van der Waals surface area contributed by atoms with Crippen LogP contribution in [0.5, 0.6) is 0 Å². The summed E-state index contributed by atoms with van der Waals surface area (Å²) in [5.74, 6) is -0.595. The van der Waals surface area contributed by atoms with Crippen LogP contribution in [0.4, 0.5) is 5.69 Å². The molecular weight excluding hydrogens is 352 g/mol. The second-order valence-corrected chi connectivity index (χ2v) is 6.71. The van der Waals surface area contributed by atoms with E-state index in [9.17, 15) is 9.59 Å². The Hall–Kier alpha value is -2.37. The van der Waals surface area contributed by atoms with Crippen LogP contribution in [-0.2, 0) is 20.9 Å². The molecule has 1 amide bonds. The molecule has 0 saturated carbocycles. The van der Waals surface area contributed by atoms with Gasteiger partial charge in [0.05, 0.1) is 6.42 Å². The Bertz CT molecular complexity index is 795. The summed E-state index contributed by atoms with van der Waals surface area (Å²) in [5, 5.41) is 3.43. The van der Waals surface area contributed by atoms with E-state index in [1.807, 2.05) is 42.2 Å².